The second kappa shape index (κ2) is 5.16. The molecule has 0 atom stereocenters. The second-order valence-electron chi connectivity index (χ2n) is 4.12. The van der Waals surface area contributed by atoms with Gasteiger partial charge < -0.3 is 11.1 Å². The molecule has 0 aliphatic carbocycles. The highest BCUT2D eigenvalue weighted by Gasteiger charge is 2.09. The average molecular weight is 278 g/mol. The molecule has 0 spiro atoms. The summed E-state index contributed by atoms with van der Waals surface area (Å²) in [6, 6.07) is 9.81. The molecule has 0 amide bonds. The third-order valence-electron chi connectivity index (χ3n) is 2.70. The first-order valence-electron chi connectivity index (χ1n) is 5.54. The van der Waals surface area contributed by atoms with Crippen LogP contribution in [-0.2, 0) is 0 Å². The molecule has 2 rings (SSSR count). The molecular weight excluding hydrogens is 266 g/mol. The quantitative estimate of drug-likeness (QED) is 0.507. The van der Waals surface area contributed by atoms with Gasteiger partial charge >= 0.3 is 0 Å². The summed E-state index contributed by atoms with van der Waals surface area (Å²) in [6.45, 7) is 1.91. The largest absolute Gasteiger partial charge is 0.397 e. The Morgan fingerprint density at radius 1 is 1.26 bits per heavy atom. The Hall–Kier alpha value is -2.27. The summed E-state index contributed by atoms with van der Waals surface area (Å²) in [5.41, 5.74) is 8.40. The number of benzene rings is 2. The van der Waals surface area contributed by atoms with Crippen LogP contribution in [0.25, 0.3) is 0 Å². The molecule has 6 heteroatoms. The second-order valence-corrected chi connectivity index (χ2v) is 4.52. The summed E-state index contributed by atoms with van der Waals surface area (Å²) in [5.74, 6) is 0. The third kappa shape index (κ3) is 2.95. The number of nitro benzene ring substituents is 1. The summed E-state index contributed by atoms with van der Waals surface area (Å²) in [4.78, 5) is 10.1. The minimum Gasteiger partial charge on any atom is -0.397 e. The van der Waals surface area contributed by atoms with Gasteiger partial charge in [0.1, 0.15) is 0 Å². The summed E-state index contributed by atoms with van der Waals surface area (Å²) in [5, 5.41) is 14.3. The van der Waals surface area contributed by atoms with Crippen molar-refractivity contribution in [3.05, 3.63) is 57.1 Å². The molecule has 19 heavy (non-hydrogen) atoms. The predicted molar refractivity (Wildman–Crippen MR) is 77.0 cm³/mol. The Balaban J connectivity index is 2.28. The van der Waals surface area contributed by atoms with E-state index in [-0.39, 0.29) is 5.69 Å². The Morgan fingerprint density at radius 3 is 2.58 bits per heavy atom. The molecule has 98 valence electrons. The lowest BCUT2D eigenvalue weighted by Gasteiger charge is -2.10. The van der Waals surface area contributed by atoms with E-state index in [0.717, 1.165) is 11.3 Å². The number of halogens is 1. The number of nitrogens with one attached hydrogen (secondary N) is 1. The fraction of sp³-hybridized carbons (Fsp3) is 0.0769. The first kappa shape index (κ1) is 13.2. The molecule has 2 aromatic rings. The van der Waals surface area contributed by atoms with E-state index in [1.807, 2.05) is 19.1 Å². The lowest BCUT2D eigenvalue weighted by molar-refractivity contribution is -0.384. The Morgan fingerprint density at radius 2 is 2.00 bits per heavy atom. The van der Waals surface area contributed by atoms with Gasteiger partial charge in [-0.2, -0.15) is 0 Å². The number of non-ortho nitro benzene ring substituents is 1. The maximum Gasteiger partial charge on any atom is 0.271 e. The number of nitrogens with two attached hydrogens (primary N) is 1. The summed E-state index contributed by atoms with van der Waals surface area (Å²) < 4.78 is 0. The van der Waals surface area contributed by atoms with Gasteiger partial charge in [-0.15, -0.1) is 0 Å². The van der Waals surface area contributed by atoms with E-state index in [1.54, 1.807) is 12.1 Å². The van der Waals surface area contributed by atoms with E-state index in [9.17, 15) is 10.1 Å². The van der Waals surface area contributed by atoms with Gasteiger partial charge in [0, 0.05) is 22.8 Å². The normalized spacial score (nSPS) is 10.2. The molecule has 2 aromatic carbocycles. The van der Waals surface area contributed by atoms with E-state index in [4.69, 9.17) is 17.3 Å². The highest BCUT2D eigenvalue weighted by molar-refractivity contribution is 6.31. The molecule has 0 aromatic heterocycles. The van der Waals surface area contributed by atoms with Gasteiger partial charge in [-0.05, 0) is 30.7 Å². The third-order valence-corrected chi connectivity index (χ3v) is 3.10. The summed E-state index contributed by atoms with van der Waals surface area (Å²) >= 11 is 6.03. The molecule has 3 N–H and O–H groups in total. The van der Waals surface area contributed by atoms with Gasteiger partial charge in [-0.3, -0.25) is 10.1 Å². The predicted octanol–water partition coefficient (Wildman–Crippen LogP) is 3.88. The van der Waals surface area contributed by atoms with Crippen LogP contribution in [0.5, 0.6) is 0 Å². The molecule has 0 bridgehead atoms. The summed E-state index contributed by atoms with van der Waals surface area (Å²) in [6.07, 6.45) is 0. The monoisotopic (exact) mass is 277 g/mol. The standard InChI is InChI=1S/C13H12ClN3O2/c1-8-2-3-9(6-11(8)14)16-13-5-4-10(17(18)19)7-12(13)15/h2-7,16H,15H2,1H3. The van der Waals surface area contributed by atoms with Crippen LogP contribution in [0.2, 0.25) is 5.02 Å². The summed E-state index contributed by atoms with van der Waals surface area (Å²) in [7, 11) is 0. The topological polar surface area (TPSA) is 81.2 Å². The zero-order valence-electron chi connectivity index (χ0n) is 10.2. The van der Waals surface area contributed by atoms with Crippen LogP contribution in [0.1, 0.15) is 5.56 Å². The lowest BCUT2D eigenvalue weighted by atomic mass is 10.2. The van der Waals surface area contributed by atoms with Crippen molar-refractivity contribution in [1.82, 2.24) is 0 Å². The van der Waals surface area contributed by atoms with Crippen molar-refractivity contribution in [3.8, 4) is 0 Å². The zero-order chi connectivity index (χ0) is 14.0. The molecule has 0 fully saturated rings. The van der Waals surface area contributed by atoms with Crippen molar-refractivity contribution in [3.63, 3.8) is 0 Å². The van der Waals surface area contributed by atoms with Crippen LogP contribution < -0.4 is 11.1 Å². The van der Waals surface area contributed by atoms with Crippen LogP contribution in [0.15, 0.2) is 36.4 Å². The first-order chi connectivity index (χ1) is 8.97. The van der Waals surface area contributed by atoms with E-state index in [2.05, 4.69) is 5.32 Å². The smallest absolute Gasteiger partial charge is 0.271 e. The van der Waals surface area contributed by atoms with E-state index in [1.165, 1.54) is 12.1 Å². The number of hydrogen-bond acceptors (Lipinski definition) is 4. The minimum atomic E-state index is -0.483. The lowest BCUT2D eigenvalue weighted by Crippen LogP contribution is -1.98. The van der Waals surface area contributed by atoms with Crippen molar-refractivity contribution in [2.24, 2.45) is 0 Å². The van der Waals surface area contributed by atoms with Gasteiger partial charge in [0.2, 0.25) is 0 Å². The molecular formula is C13H12ClN3O2. The van der Waals surface area contributed by atoms with E-state index >= 15 is 0 Å². The maximum absolute atomic E-state index is 10.6. The van der Waals surface area contributed by atoms with Crippen molar-refractivity contribution >= 4 is 34.4 Å². The SMILES string of the molecule is Cc1ccc(Nc2ccc([N+](=O)[O-])cc2N)cc1Cl. The fourth-order valence-electron chi connectivity index (χ4n) is 1.60. The minimum absolute atomic E-state index is 0.0370. The number of nitro groups is 1. The average Bonchev–Trinajstić information content (AvgIpc) is 2.36. The molecule has 0 heterocycles. The van der Waals surface area contributed by atoms with Gasteiger partial charge in [-0.1, -0.05) is 17.7 Å². The van der Waals surface area contributed by atoms with Crippen LogP contribution >= 0.6 is 11.6 Å². The number of nitrogen functional groups attached to an aromatic ring is 1. The van der Waals surface area contributed by atoms with Gasteiger partial charge in [0.25, 0.3) is 5.69 Å². The van der Waals surface area contributed by atoms with E-state index in [0.29, 0.717) is 16.4 Å². The number of aryl methyl sites for hydroxylation is 1. The molecule has 0 unspecified atom stereocenters. The Bertz CT molecular complexity index is 644. The van der Waals surface area contributed by atoms with Crippen LogP contribution in [-0.4, -0.2) is 4.92 Å². The van der Waals surface area contributed by atoms with Gasteiger partial charge in [-0.25, -0.2) is 0 Å². The van der Waals surface area contributed by atoms with Crippen LogP contribution in [0, 0.1) is 17.0 Å². The first-order valence-corrected chi connectivity index (χ1v) is 5.92. The van der Waals surface area contributed by atoms with Crippen molar-refractivity contribution in [2.45, 2.75) is 6.92 Å². The fourth-order valence-corrected chi connectivity index (χ4v) is 1.78. The number of nitrogens with zero attached hydrogens (tertiary/aromatic N) is 1. The molecule has 0 aliphatic heterocycles. The van der Waals surface area contributed by atoms with Crippen LogP contribution in [0.3, 0.4) is 0 Å². The maximum atomic E-state index is 10.6. The Kier molecular flexibility index (Phi) is 3.57. The highest BCUT2D eigenvalue weighted by atomic mass is 35.5. The highest BCUT2D eigenvalue weighted by Crippen LogP contribution is 2.28. The number of anilines is 3. The molecule has 0 saturated carbocycles. The molecule has 0 saturated heterocycles. The number of rotatable bonds is 3. The zero-order valence-corrected chi connectivity index (χ0v) is 10.9. The van der Waals surface area contributed by atoms with E-state index < -0.39 is 4.92 Å². The molecule has 0 aliphatic rings. The Labute approximate surface area is 115 Å². The molecule has 0 radical (unpaired) electrons. The number of hydrogen-bond donors (Lipinski definition) is 2. The van der Waals surface area contributed by atoms with Crippen molar-refractivity contribution in [1.29, 1.82) is 0 Å². The van der Waals surface area contributed by atoms with Crippen molar-refractivity contribution < 1.29 is 4.92 Å². The molecule has 5 nitrogen and oxygen atoms in total. The van der Waals surface area contributed by atoms with Crippen LogP contribution in [0.4, 0.5) is 22.7 Å². The van der Waals surface area contributed by atoms with Gasteiger partial charge in [0.15, 0.2) is 0 Å². The van der Waals surface area contributed by atoms with Gasteiger partial charge in [0.05, 0.1) is 16.3 Å². The van der Waals surface area contributed by atoms with Crippen molar-refractivity contribution in [2.75, 3.05) is 11.1 Å².